The fraction of sp³-hybridized carbons (Fsp3) is 0.111. The molecule has 0 fully saturated rings. The molecule has 0 spiro atoms. The van der Waals surface area contributed by atoms with Gasteiger partial charge in [0.15, 0.2) is 11.6 Å². The van der Waals surface area contributed by atoms with E-state index in [1.807, 2.05) is 19.9 Å². The SMILES string of the molecule is Cc1cc(Nc2nc(Nc3cc(C)c(-c4ncc[nH]4)cc3F)ncc2Cl)n[nH]1. The number of nitrogens with zero attached hydrogens (tertiary/aromatic N) is 4. The van der Waals surface area contributed by atoms with Crippen LogP contribution >= 0.6 is 11.6 Å². The maximum atomic E-state index is 14.6. The summed E-state index contributed by atoms with van der Waals surface area (Å²) in [6.07, 6.45) is 4.74. The van der Waals surface area contributed by atoms with Gasteiger partial charge in [-0.25, -0.2) is 14.4 Å². The molecule has 3 aromatic heterocycles. The lowest BCUT2D eigenvalue weighted by atomic mass is 10.1. The Morgan fingerprint density at radius 3 is 2.68 bits per heavy atom. The van der Waals surface area contributed by atoms with Crippen molar-refractivity contribution in [2.75, 3.05) is 10.6 Å². The molecule has 0 aliphatic carbocycles. The molecule has 28 heavy (non-hydrogen) atoms. The molecular formula is C18H16ClFN8. The van der Waals surface area contributed by atoms with E-state index in [-0.39, 0.29) is 11.6 Å². The van der Waals surface area contributed by atoms with Gasteiger partial charge in [-0.1, -0.05) is 11.6 Å². The van der Waals surface area contributed by atoms with Gasteiger partial charge in [-0.3, -0.25) is 5.10 Å². The maximum Gasteiger partial charge on any atom is 0.229 e. The van der Waals surface area contributed by atoms with Crippen LogP contribution in [0.25, 0.3) is 11.4 Å². The van der Waals surface area contributed by atoms with Crippen LogP contribution in [0.3, 0.4) is 0 Å². The average molecular weight is 399 g/mol. The van der Waals surface area contributed by atoms with Gasteiger partial charge >= 0.3 is 0 Å². The molecule has 142 valence electrons. The minimum Gasteiger partial charge on any atom is -0.345 e. The van der Waals surface area contributed by atoms with Gasteiger partial charge in [-0.15, -0.1) is 0 Å². The lowest BCUT2D eigenvalue weighted by molar-refractivity contribution is 0.631. The Kier molecular flexibility index (Phi) is 4.66. The number of benzene rings is 1. The number of nitrogens with one attached hydrogen (secondary N) is 4. The van der Waals surface area contributed by atoms with E-state index in [0.29, 0.717) is 28.0 Å². The van der Waals surface area contributed by atoms with Crippen molar-refractivity contribution in [3.05, 3.63) is 58.9 Å². The minimum atomic E-state index is -0.451. The first-order valence-corrected chi connectivity index (χ1v) is 8.76. The van der Waals surface area contributed by atoms with E-state index in [0.717, 1.165) is 11.3 Å². The van der Waals surface area contributed by atoms with Gasteiger partial charge in [-0.2, -0.15) is 10.1 Å². The molecule has 10 heteroatoms. The number of hydrogen-bond acceptors (Lipinski definition) is 6. The second-order valence-electron chi connectivity index (χ2n) is 6.16. The highest BCUT2D eigenvalue weighted by molar-refractivity contribution is 6.32. The zero-order valence-electron chi connectivity index (χ0n) is 15.0. The Morgan fingerprint density at radius 2 is 1.96 bits per heavy atom. The normalized spacial score (nSPS) is 10.9. The quantitative estimate of drug-likeness (QED) is 0.394. The molecule has 0 atom stereocenters. The van der Waals surface area contributed by atoms with E-state index in [4.69, 9.17) is 11.6 Å². The number of aryl methyl sites for hydroxylation is 2. The van der Waals surface area contributed by atoms with Gasteiger partial charge < -0.3 is 15.6 Å². The number of hydrogen-bond donors (Lipinski definition) is 4. The maximum absolute atomic E-state index is 14.6. The Hall–Kier alpha value is -3.46. The van der Waals surface area contributed by atoms with Gasteiger partial charge in [-0.05, 0) is 31.5 Å². The summed E-state index contributed by atoms with van der Waals surface area (Å²) in [7, 11) is 0. The van der Waals surface area contributed by atoms with Crippen molar-refractivity contribution in [1.82, 2.24) is 30.1 Å². The second kappa shape index (κ2) is 7.28. The summed E-state index contributed by atoms with van der Waals surface area (Å²) in [4.78, 5) is 15.6. The average Bonchev–Trinajstić information content (AvgIpc) is 3.32. The van der Waals surface area contributed by atoms with E-state index in [1.165, 1.54) is 12.3 Å². The molecule has 4 rings (SSSR count). The summed E-state index contributed by atoms with van der Waals surface area (Å²) in [5.41, 5.74) is 2.66. The minimum absolute atomic E-state index is 0.197. The highest BCUT2D eigenvalue weighted by Gasteiger charge is 2.13. The van der Waals surface area contributed by atoms with Crippen LogP contribution < -0.4 is 10.6 Å². The molecule has 0 amide bonds. The lowest BCUT2D eigenvalue weighted by Gasteiger charge is -2.11. The van der Waals surface area contributed by atoms with Crippen molar-refractivity contribution >= 4 is 34.9 Å². The van der Waals surface area contributed by atoms with E-state index in [1.54, 1.807) is 18.5 Å². The van der Waals surface area contributed by atoms with Crippen LogP contribution in [0.1, 0.15) is 11.3 Å². The lowest BCUT2D eigenvalue weighted by Crippen LogP contribution is -2.03. The highest BCUT2D eigenvalue weighted by atomic mass is 35.5. The summed E-state index contributed by atoms with van der Waals surface area (Å²) in [6.45, 7) is 3.75. The Balaban J connectivity index is 1.60. The second-order valence-corrected chi connectivity index (χ2v) is 6.57. The molecule has 0 aliphatic rings. The number of aromatic amines is 2. The summed E-state index contributed by atoms with van der Waals surface area (Å²) >= 11 is 6.15. The molecular weight excluding hydrogens is 383 g/mol. The first-order chi connectivity index (χ1) is 13.5. The summed E-state index contributed by atoms with van der Waals surface area (Å²) in [5.74, 6) is 1.27. The van der Waals surface area contributed by atoms with Gasteiger partial charge in [0, 0.05) is 29.7 Å². The fourth-order valence-electron chi connectivity index (χ4n) is 2.68. The standard InChI is InChI=1S/C18H16ClFN8/c1-9-5-14(13(20)7-11(9)16-21-3-4-22-16)24-18-23-8-12(19)17(26-18)25-15-6-10(2)27-28-15/h3-8H,1-2H3,(H,21,22)(H3,23,24,25,26,27,28). The van der Waals surface area contributed by atoms with Crippen LogP contribution in [0.2, 0.25) is 5.02 Å². The summed E-state index contributed by atoms with van der Waals surface area (Å²) in [6, 6.07) is 4.90. The van der Waals surface area contributed by atoms with Gasteiger partial charge in [0.05, 0.1) is 11.9 Å². The number of halogens is 2. The molecule has 3 heterocycles. The van der Waals surface area contributed by atoms with E-state index in [2.05, 4.69) is 40.8 Å². The number of H-pyrrole nitrogens is 2. The largest absolute Gasteiger partial charge is 0.345 e. The van der Waals surface area contributed by atoms with Gasteiger partial charge in [0.2, 0.25) is 5.95 Å². The van der Waals surface area contributed by atoms with Gasteiger partial charge in [0.1, 0.15) is 16.7 Å². The van der Waals surface area contributed by atoms with Crippen molar-refractivity contribution in [3.8, 4) is 11.4 Å². The number of imidazole rings is 1. The van der Waals surface area contributed by atoms with E-state index in [9.17, 15) is 4.39 Å². The Bertz CT molecular complexity index is 1120. The van der Waals surface area contributed by atoms with Crippen molar-refractivity contribution in [3.63, 3.8) is 0 Å². The van der Waals surface area contributed by atoms with Crippen LogP contribution in [0.5, 0.6) is 0 Å². The zero-order chi connectivity index (χ0) is 19.7. The van der Waals surface area contributed by atoms with Crippen molar-refractivity contribution < 1.29 is 4.39 Å². The van der Waals surface area contributed by atoms with Crippen LogP contribution in [0, 0.1) is 19.7 Å². The first kappa shape index (κ1) is 17.9. The van der Waals surface area contributed by atoms with Crippen molar-refractivity contribution in [1.29, 1.82) is 0 Å². The molecule has 0 aliphatic heterocycles. The predicted octanol–water partition coefficient (Wildman–Crippen LogP) is 4.49. The molecule has 0 bridgehead atoms. The molecule has 4 aromatic rings. The number of rotatable bonds is 5. The molecule has 0 radical (unpaired) electrons. The monoisotopic (exact) mass is 398 g/mol. The summed E-state index contributed by atoms with van der Waals surface area (Å²) in [5, 5.41) is 13.1. The smallest absolute Gasteiger partial charge is 0.229 e. The molecule has 0 unspecified atom stereocenters. The number of anilines is 4. The number of aromatic nitrogens is 6. The van der Waals surface area contributed by atoms with Gasteiger partial charge in [0.25, 0.3) is 0 Å². The van der Waals surface area contributed by atoms with Crippen LogP contribution in [0.15, 0.2) is 36.8 Å². The zero-order valence-corrected chi connectivity index (χ0v) is 15.8. The Morgan fingerprint density at radius 1 is 1.11 bits per heavy atom. The molecule has 0 saturated heterocycles. The third-order valence-electron chi connectivity index (χ3n) is 4.01. The van der Waals surface area contributed by atoms with Crippen molar-refractivity contribution in [2.24, 2.45) is 0 Å². The topological polar surface area (TPSA) is 107 Å². The third-order valence-corrected chi connectivity index (χ3v) is 4.29. The first-order valence-electron chi connectivity index (χ1n) is 8.38. The Labute approximate surface area is 164 Å². The van der Waals surface area contributed by atoms with Crippen LogP contribution in [-0.2, 0) is 0 Å². The highest BCUT2D eigenvalue weighted by Crippen LogP contribution is 2.29. The predicted molar refractivity (Wildman–Crippen MR) is 106 cm³/mol. The third kappa shape index (κ3) is 3.65. The fourth-order valence-corrected chi connectivity index (χ4v) is 2.82. The van der Waals surface area contributed by atoms with Crippen LogP contribution in [-0.4, -0.2) is 30.1 Å². The molecule has 1 aromatic carbocycles. The van der Waals surface area contributed by atoms with Crippen LogP contribution in [0.4, 0.5) is 27.7 Å². The molecule has 8 nitrogen and oxygen atoms in total. The van der Waals surface area contributed by atoms with E-state index >= 15 is 0 Å². The van der Waals surface area contributed by atoms with E-state index < -0.39 is 5.82 Å². The molecule has 4 N–H and O–H groups in total. The summed E-state index contributed by atoms with van der Waals surface area (Å²) < 4.78 is 14.6. The van der Waals surface area contributed by atoms with Crippen molar-refractivity contribution in [2.45, 2.75) is 13.8 Å². The molecule has 0 saturated carbocycles.